The fourth-order valence-electron chi connectivity index (χ4n) is 3.09. The van der Waals surface area contributed by atoms with Crippen molar-refractivity contribution in [1.29, 1.82) is 0 Å². The molecule has 0 aromatic heterocycles. The van der Waals surface area contributed by atoms with Gasteiger partial charge >= 0.3 is 5.97 Å². The molecule has 0 aliphatic carbocycles. The van der Waals surface area contributed by atoms with Gasteiger partial charge in [-0.25, -0.2) is 4.79 Å². The number of carbonyl (C=O) groups is 1. The third-order valence-electron chi connectivity index (χ3n) is 4.76. The van der Waals surface area contributed by atoms with Crippen molar-refractivity contribution in [2.75, 3.05) is 6.61 Å². The normalized spacial score (nSPS) is 11.5. The summed E-state index contributed by atoms with van der Waals surface area (Å²) in [6.45, 7) is 4.99. The predicted octanol–water partition coefficient (Wildman–Crippen LogP) is 7.49. The smallest absolute Gasteiger partial charge is 0.338 e. The van der Waals surface area contributed by atoms with Gasteiger partial charge in [0.2, 0.25) is 0 Å². The standard InChI is InChI=1S/C24H38O2/c1-3-5-7-9-12-16-22(17-13-10-8-6-4-2)20-21-26-24(25)23-18-14-11-15-19-23/h11,14-16,18-19H,3-10,12-13,17,20-21H2,1-2H3. The highest BCUT2D eigenvalue weighted by Crippen LogP contribution is 2.17. The average Bonchev–Trinajstić information content (AvgIpc) is 2.67. The van der Waals surface area contributed by atoms with Gasteiger partial charge in [-0.15, -0.1) is 0 Å². The van der Waals surface area contributed by atoms with E-state index >= 15 is 0 Å². The second kappa shape index (κ2) is 15.7. The third-order valence-corrected chi connectivity index (χ3v) is 4.76. The van der Waals surface area contributed by atoms with Crippen molar-refractivity contribution in [3.63, 3.8) is 0 Å². The van der Waals surface area contributed by atoms with E-state index in [9.17, 15) is 4.79 Å². The molecule has 0 saturated heterocycles. The minimum atomic E-state index is -0.212. The number of benzene rings is 1. The van der Waals surface area contributed by atoms with Gasteiger partial charge in [0, 0.05) is 6.42 Å². The van der Waals surface area contributed by atoms with Crippen LogP contribution in [0, 0.1) is 0 Å². The van der Waals surface area contributed by atoms with Crippen molar-refractivity contribution >= 4 is 5.97 Å². The first kappa shape index (κ1) is 22.5. The Bertz CT molecular complexity index is 490. The summed E-state index contributed by atoms with van der Waals surface area (Å²) >= 11 is 0. The molecule has 2 heteroatoms. The maximum atomic E-state index is 12.0. The van der Waals surface area contributed by atoms with Crippen molar-refractivity contribution in [2.24, 2.45) is 0 Å². The minimum absolute atomic E-state index is 0.212. The first-order chi connectivity index (χ1) is 12.8. The molecule has 0 aliphatic heterocycles. The highest BCUT2D eigenvalue weighted by molar-refractivity contribution is 5.89. The molecular formula is C24H38O2. The number of esters is 1. The molecule has 146 valence electrons. The van der Waals surface area contributed by atoms with E-state index in [2.05, 4.69) is 19.9 Å². The summed E-state index contributed by atoms with van der Waals surface area (Å²) in [7, 11) is 0. The molecule has 0 unspecified atom stereocenters. The molecule has 1 rings (SSSR count). The van der Waals surface area contributed by atoms with Gasteiger partial charge in [-0.1, -0.05) is 88.6 Å². The summed E-state index contributed by atoms with van der Waals surface area (Å²) < 4.78 is 5.47. The Balaban J connectivity index is 2.36. The summed E-state index contributed by atoms with van der Waals surface area (Å²) in [6, 6.07) is 9.26. The van der Waals surface area contributed by atoms with E-state index in [1.54, 1.807) is 12.1 Å². The zero-order valence-corrected chi connectivity index (χ0v) is 17.0. The van der Waals surface area contributed by atoms with Crippen molar-refractivity contribution in [3.8, 4) is 0 Å². The largest absolute Gasteiger partial charge is 0.462 e. The number of ether oxygens (including phenoxy) is 1. The van der Waals surface area contributed by atoms with E-state index < -0.39 is 0 Å². The SMILES string of the molecule is CCCCCCC=C(CCCCCCC)CCOC(=O)c1ccccc1. The van der Waals surface area contributed by atoms with Crippen LogP contribution < -0.4 is 0 Å². The number of allylic oxidation sites excluding steroid dienone is 1. The Labute approximate surface area is 161 Å². The summed E-state index contributed by atoms with van der Waals surface area (Å²) in [4.78, 5) is 12.0. The van der Waals surface area contributed by atoms with Gasteiger partial charge in [0.25, 0.3) is 0 Å². The van der Waals surface area contributed by atoms with Crippen LogP contribution in [0.15, 0.2) is 42.0 Å². The highest BCUT2D eigenvalue weighted by atomic mass is 16.5. The molecule has 0 fully saturated rings. The van der Waals surface area contributed by atoms with E-state index in [0.29, 0.717) is 12.2 Å². The van der Waals surface area contributed by atoms with Gasteiger partial charge in [0.15, 0.2) is 0 Å². The van der Waals surface area contributed by atoms with Crippen molar-refractivity contribution in [3.05, 3.63) is 47.5 Å². The summed E-state index contributed by atoms with van der Waals surface area (Å²) in [5.74, 6) is -0.212. The fraction of sp³-hybridized carbons (Fsp3) is 0.625. The molecule has 0 radical (unpaired) electrons. The number of rotatable bonds is 15. The van der Waals surface area contributed by atoms with Crippen LogP contribution in [0.1, 0.15) is 101 Å². The maximum Gasteiger partial charge on any atom is 0.338 e. The summed E-state index contributed by atoms with van der Waals surface area (Å²) in [5, 5.41) is 0. The molecule has 0 heterocycles. The van der Waals surface area contributed by atoms with Crippen LogP contribution in [0.4, 0.5) is 0 Å². The molecule has 2 nitrogen and oxygen atoms in total. The Morgan fingerprint density at radius 2 is 1.50 bits per heavy atom. The van der Waals surface area contributed by atoms with Crippen LogP contribution in [-0.2, 0) is 4.74 Å². The maximum absolute atomic E-state index is 12.0. The van der Waals surface area contributed by atoms with E-state index in [4.69, 9.17) is 4.74 Å². The molecule has 0 spiro atoms. The quantitative estimate of drug-likeness (QED) is 0.184. The van der Waals surface area contributed by atoms with Gasteiger partial charge < -0.3 is 4.74 Å². The summed E-state index contributed by atoms with van der Waals surface area (Å²) in [6.07, 6.45) is 17.3. The van der Waals surface area contributed by atoms with E-state index in [-0.39, 0.29) is 5.97 Å². The second-order valence-corrected chi connectivity index (χ2v) is 7.13. The molecule has 0 N–H and O–H groups in total. The molecule has 1 aromatic carbocycles. The molecule has 0 amide bonds. The lowest BCUT2D eigenvalue weighted by atomic mass is 10.0. The number of carbonyl (C=O) groups excluding carboxylic acids is 1. The predicted molar refractivity (Wildman–Crippen MR) is 112 cm³/mol. The monoisotopic (exact) mass is 358 g/mol. The average molecular weight is 359 g/mol. The number of unbranched alkanes of at least 4 members (excludes halogenated alkanes) is 8. The van der Waals surface area contributed by atoms with Crippen LogP contribution in [0.3, 0.4) is 0 Å². The van der Waals surface area contributed by atoms with Gasteiger partial charge in [-0.2, -0.15) is 0 Å². The molecule has 26 heavy (non-hydrogen) atoms. The zero-order valence-electron chi connectivity index (χ0n) is 17.0. The van der Waals surface area contributed by atoms with E-state index in [0.717, 1.165) is 19.3 Å². The van der Waals surface area contributed by atoms with Gasteiger partial charge in [0.05, 0.1) is 12.2 Å². The zero-order chi connectivity index (χ0) is 18.9. The van der Waals surface area contributed by atoms with Crippen LogP contribution in [0.25, 0.3) is 0 Å². The Kier molecular flexibility index (Phi) is 13.5. The first-order valence-electron chi connectivity index (χ1n) is 10.7. The highest BCUT2D eigenvalue weighted by Gasteiger charge is 2.06. The molecular weight excluding hydrogens is 320 g/mol. The fourth-order valence-corrected chi connectivity index (χ4v) is 3.09. The first-order valence-corrected chi connectivity index (χ1v) is 10.7. The number of hydrogen-bond acceptors (Lipinski definition) is 2. The van der Waals surface area contributed by atoms with Gasteiger partial charge in [-0.3, -0.25) is 0 Å². The lowest BCUT2D eigenvalue weighted by Gasteiger charge is -2.10. The molecule has 0 aliphatic rings. The lowest BCUT2D eigenvalue weighted by molar-refractivity contribution is 0.0508. The summed E-state index contributed by atoms with van der Waals surface area (Å²) in [5.41, 5.74) is 2.11. The molecule has 1 aromatic rings. The topological polar surface area (TPSA) is 26.3 Å². The van der Waals surface area contributed by atoms with Crippen molar-refractivity contribution < 1.29 is 9.53 Å². The van der Waals surface area contributed by atoms with Crippen LogP contribution in [-0.4, -0.2) is 12.6 Å². The Morgan fingerprint density at radius 1 is 0.846 bits per heavy atom. The van der Waals surface area contributed by atoms with Crippen LogP contribution >= 0.6 is 0 Å². The third kappa shape index (κ3) is 11.1. The van der Waals surface area contributed by atoms with Gasteiger partial charge in [-0.05, 0) is 37.8 Å². The van der Waals surface area contributed by atoms with Crippen molar-refractivity contribution in [2.45, 2.75) is 90.9 Å². The molecule has 0 saturated carbocycles. The second-order valence-electron chi connectivity index (χ2n) is 7.13. The minimum Gasteiger partial charge on any atom is -0.462 e. The van der Waals surface area contributed by atoms with Gasteiger partial charge in [0.1, 0.15) is 0 Å². The number of hydrogen-bond donors (Lipinski definition) is 0. The lowest BCUT2D eigenvalue weighted by Crippen LogP contribution is -2.07. The van der Waals surface area contributed by atoms with Crippen LogP contribution in [0.5, 0.6) is 0 Å². The Morgan fingerprint density at radius 3 is 2.19 bits per heavy atom. The van der Waals surface area contributed by atoms with E-state index in [1.807, 2.05) is 18.2 Å². The molecule has 0 bridgehead atoms. The Hall–Kier alpha value is -1.57. The van der Waals surface area contributed by atoms with Crippen molar-refractivity contribution in [1.82, 2.24) is 0 Å². The molecule has 0 atom stereocenters. The van der Waals surface area contributed by atoms with Crippen LogP contribution in [0.2, 0.25) is 0 Å². The van der Waals surface area contributed by atoms with E-state index in [1.165, 1.54) is 63.4 Å².